The molecule has 5 rings (SSSR count). The molecule has 0 spiro atoms. The van der Waals surface area contributed by atoms with Crippen molar-refractivity contribution in [2.45, 2.75) is 17.8 Å². The number of hydrogen-bond donors (Lipinski definition) is 1. The van der Waals surface area contributed by atoms with Crippen LogP contribution in [0, 0.1) is 5.82 Å². The highest BCUT2D eigenvalue weighted by Crippen LogP contribution is 2.34. The summed E-state index contributed by atoms with van der Waals surface area (Å²) in [6.45, 7) is 1.96. The van der Waals surface area contributed by atoms with Gasteiger partial charge >= 0.3 is 6.36 Å². The Labute approximate surface area is 232 Å². The Morgan fingerprint density at radius 3 is 2.44 bits per heavy atom. The predicted octanol–water partition coefficient (Wildman–Crippen LogP) is 4.43. The molecule has 0 saturated carbocycles. The number of ether oxygens (including phenoxy) is 1. The van der Waals surface area contributed by atoms with Gasteiger partial charge in [0.15, 0.2) is 5.75 Å². The van der Waals surface area contributed by atoms with Crippen LogP contribution in [0.4, 0.5) is 23.2 Å². The minimum Gasteiger partial charge on any atom is -0.404 e. The van der Waals surface area contributed by atoms with Crippen molar-refractivity contribution in [3.8, 4) is 5.75 Å². The number of amides is 1. The molecule has 2 aromatic carbocycles. The van der Waals surface area contributed by atoms with Crippen LogP contribution < -0.4 is 9.46 Å². The van der Waals surface area contributed by atoms with Gasteiger partial charge in [-0.05, 0) is 42.5 Å². The molecule has 1 N–H and O–H groups in total. The number of nitrogens with one attached hydrogen (secondary N) is 1. The van der Waals surface area contributed by atoms with Crippen LogP contribution in [0.1, 0.15) is 16.1 Å². The largest absolute Gasteiger partial charge is 0.573 e. The molecule has 41 heavy (non-hydrogen) atoms. The number of nitrogens with zero attached hydrogens (tertiary/aromatic N) is 4. The number of carbonyl (C=O) groups excluding carboxylic acids is 1. The zero-order valence-electron chi connectivity index (χ0n) is 21.3. The lowest BCUT2D eigenvalue weighted by Crippen LogP contribution is -2.48. The molecule has 0 atom stereocenters. The standard InChI is InChI=1S/C27H23F4N5O4S/c28-20-7-8-21(33-16-20)17-35-11-13-36(14-12-35)26(37)19-6-9-22(23(15-19)40-27(29,30)31)34-41(38,39)24-5-1-3-18-4-2-10-32-25(18)24/h1-10,15-16,34H,11-14,17H2. The van der Waals surface area contributed by atoms with Crippen molar-refractivity contribution in [2.75, 3.05) is 30.9 Å². The SMILES string of the molecule is O=C(c1ccc(NS(=O)(=O)c2cccc3cccnc23)c(OC(F)(F)F)c1)N1CCN(Cc2ccc(F)cn2)CC1. The summed E-state index contributed by atoms with van der Waals surface area (Å²) >= 11 is 0. The molecule has 0 aliphatic carbocycles. The van der Waals surface area contributed by atoms with Gasteiger partial charge in [0.1, 0.15) is 10.7 Å². The van der Waals surface area contributed by atoms with Gasteiger partial charge in [-0.3, -0.25) is 24.4 Å². The Bertz CT molecular complexity index is 1670. The van der Waals surface area contributed by atoms with Crippen molar-refractivity contribution in [2.24, 2.45) is 0 Å². The third kappa shape index (κ3) is 6.72. The van der Waals surface area contributed by atoms with Crippen molar-refractivity contribution in [3.05, 3.63) is 90.1 Å². The number of anilines is 1. The molecule has 2 aromatic heterocycles. The average Bonchev–Trinajstić information content (AvgIpc) is 2.94. The number of rotatable bonds is 7. The molecule has 1 aliphatic heterocycles. The fraction of sp³-hybridized carbons (Fsp3) is 0.222. The van der Waals surface area contributed by atoms with E-state index >= 15 is 0 Å². The van der Waals surface area contributed by atoms with Crippen LogP contribution in [-0.2, 0) is 16.6 Å². The number of carbonyl (C=O) groups is 1. The van der Waals surface area contributed by atoms with E-state index in [-0.39, 0.29) is 29.1 Å². The highest BCUT2D eigenvalue weighted by molar-refractivity contribution is 7.93. The molecule has 1 aliphatic rings. The van der Waals surface area contributed by atoms with E-state index in [1.807, 2.05) is 4.90 Å². The summed E-state index contributed by atoms with van der Waals surface area (Å²) in [6.07, 6.45) is -2.62. The van der Waals surface area contributed by atoms with E-state index in [2.05, 4.69) is 19.4 Å². The number of halogens is 4. The number of alkyl halides is 3. The lowest BCUT2D eigenvalue weighted by molar-refractivity contribution is -0.274. The van der Waals surface area contributed by atoms with Gasteiger partial charge in [-0.2, -0.15) is 0 Å². The molecule has 0 radical (unpaired) electrons. The van der Waals surface area contributed by atoms with Gasteiger partial charge in [0.2, 0.25) is 0 Å². The number of sulfonamides is 1. The molecule has 14 heteroatoms. The first-order valence-electron chi connectivity index (χ1n) is 12.4. The third-order valence-corrected chi connectivity index (χ3v) is 7.81. The highest BCUT2D eigenvalue weighted by Gasteiger charge is 2.34. The normalized spacial score (nSPS) is 14.7. The summed E-state index contributed by atoms with van der Waals surface area (Å²) in [4.78, 5) is 24.5. The van der Waals surface area contributed by atoms with Gasteiger partial charge in [-0.1, -0.05) is 18.2 Å². The van der Waals surface area contributed by atoms with E-state index in [0.717, 1.165) is 18.3 Å². The van der Waals surface area contributed by atoms with Crippen LogP contribution in [0.3, 0.4) is 0 Å². The first-order valence-corrected chi connectivity index (χ1v) is 13.9. The zero-order valence-corrected chi connectivity index (χ0v) is 22.1. The van der Waals surface area contributed by atoms with Crippen molar-refractivity contribution >= 4 is 32.5 Å². The smallest absolute Gasteiger partial charge is 0.404 e. The molecule has 1 amide bonds. The predicted molar refractivity (Wildman–Crippen MR) is 141 cm³/mol. The van der Waals surface area contributed by atoms with Crippen LogP contribution in [-0.4, -0.2) is 66.6 Å². The van der Waals surface area contributed by atoms with E-state index in [9.17, 15) is 30.8 Å². The van der Waals surface area contributed by atoms with Crippen LogP contribution in [0.2, 0.25) is 0 Å². The Hall–Kier alpha value is -4.30. The van der Waals surface area contributed by atoms with Gasteiger partial charge in [-0.15, -0.1) is 13.2 Å². The van der Waals surface area contributed by atoms with Crippen LogP contribution in [0.5, 0.6) is 5.75 Å². The van der Waals surface area contributed by atoms with Crippen molar-refractivity contribution < 1.29 is 35.5 Å². The van der Waals surface area contributed by atoms with E-state index in [1.165, 1.54) is 35.4 Å². The average molecular weight is 590 g/mol. The summed E-state index contributed by atoms with van der Waals surface area (Å²) in [7, 11) is -4.39. The van der Waals surface area contributed by atoms with Crippen molar-refractivity contribution in [1.29, 1.82) is 0 Å². The lowest BCUT2D eigenvalue weighted by Gasteiger charge is -2.34. The molecule has 0 bridgehead atoms. The Morgan fingerprint density at radius 2 is 1.73 bits per heavy atom. The molecule has 214 valence electrons. The minimum atomic E-state index is -5.15. The van der Waals surface area contributed by atoms with Crippen LogP contribution in [0.15, 0.2) is 78.0 Å². The monoisotopic (exact) mass is 589 g/mol. The van der Waals surface area contributed by atoms with E-state index in [4.69, 9.17) is 0 Å². The van der Waals surface area contributed by atoms with Crippen molar-refractivity contribution in [1.82, 2.24) is 19.8 Å². The molecular weight excluding hydrogens is 566 g/mol. The summed E-state index contributed by atoms with van der Waals surface area (Å²) in [5.74, 6) is -1.85. The van der Waals surface area contributed by atoms with E-state index in [1.54, 1.807) is 24.3 Å². The minimum absolute atomic E-state index is 0.104. The van der Waals surface area contributed by atoms with Gasteiger partial charge in [-0.25, -0.2) is 12.8 Å². The number of piperazine rings is 1. The second-order valence-corrected chi connectivity index (χ2v) is 10.9. The first-order chi connectivity index (χ1) is 19.5. The van der Waals surface area contributed by atoms with Gasteiger partial charge in [0.05, 0.1) is 23.1 Å². The number of hydrogen-bond acceptors (Lipinski definition) is 7. The molecule has 9 nitrogen and oxygen atoms in total. The Morgan fingerprint density at radius 1 is 0.976 bits per heavy atom. The topological polar surface area (TPSA) is 105 Å². The number of pyridine rings is 2. The maximum absolute atomic E-state index is 13.3. The van der Waals surface area contributed by atoms with Gasteiger partial charge < -0.3 is 9.64 Å². The highest BCUT2D eigenvalue weighted by atomic mass is 32.2. The number of para-hydroxylation sites is 1. The van der Waals surface area contributed by atoms with Crippen LogP contribution in [0.25, 0.3) is 10.9 Å². The zero-order chi connectivity index (χ0) is 29.2. The lowest BCUT2D eigenvalue weighted by atomic mass is 10.1. The number of benzene rings is 2. The summed E-state index contributed by atoms with van der Waals surface area (Å²) in [5.41, 5.74) is 0.204. The molecule has 3 heterocycles. The van der Waals surface area contributed by atoms with Crippen molar-refractivity contribution in [3.63, 3.8) is 0 Å². The fourth-order valence-corrected chi connectivity index (χ4v) is 5.71. The maximum Gasteiger partial charge on any atom is 0.573 e. The molecule has 4 aromatic rings. The molecule has 1 saturated heterocycles. The Balaban J connectivity index is 1.34. The quantitative estimate of drug-likeness (QED) is 0.318. The van der Waals surface area contributed by atoms with Gasteiger partial charge in [0.25, 0.3) is 15.9 Å². The number of aromatic nitrogens is 2. The second-order valence-electron chi connectivity index (χ2n) is 9.23. The van der Waals surface area contributed by atoms with E-state index < -0.39 is 39.5 Å². The molecular formula is C27H23F4N5O4S. The Kier molecular flexibility index (Phi) is 7.78. The van der Waals surface area contributed by atoms with Gasteiger partial charge in [0, 0.05) is 49.9 Å². The second kappa shape index (κ2) is 11.3. The molecule has 0 unspecified atom stereocenters. The summed E-state index contributed by atoms with van der Waals surface area (Å²) < 4.78 is 85.6. The summed E-state index contributed by atoms with van der Waals surface area (Å²) in [6, 6.07) is 13.7. The third-order valence-electron chi connectivity index (χ3n) is 6.42. The molecule has 1 fully saturated rings. The maximum atomic E-state index is 13.3. The van der Waals surface area contributed by atoms with E-state index in [0.29, 0.717) is 30.7 Å². The summed E-state index contributed by atoms with van der Waals surface area (Å²) in [5, 5.41) is 0.525. The first kappa shape index (κ1) is 28.2. The number of fused-ring (bicyclic) bond motifs is 1. The van der Waals surface area contributed by atoms with Crippen LogP contribution >= 0.6 is 0 Å². The fourth-order valence-electron chi connectivity index (χ4n) is 4.46.